The Kier molecular flexibility index (Phi) is 7.78. The van der Waals surface area contributed by atoms with Crippen molar-refractivity contribution in [2.75, 3.05) is 0 Å². The van der Waals surface area contributed by atoms with Gasteiger partial charge in [-0.2, -0.15) is 0 Å². The second kappa shape index (κ2) is 13.4. The summed E-state index contributed by atoms with van der Waals surface area (Å²) in [7, 11) is 0. The van der Waals surface area contributed by atoms with Crippen LogP contribution < -0.4 is 4.74 Å². The summed E-state index contributed by atoms with van der Waals surface area (Å²) in [4.78, 5) is 0. The third-order valence-corrected chi connectivity index (χ3v) is 11.6. The Morgan fingerprint density at radius 3 is 1.51 bits per heavy atom. The lowest BCUT2D eigenvalue weighted by Crippen LogP contribution is -1.97. The van der Waals surface area contributed by atoms with Crippen LogP contribution in [0.3, 0.4) is 0 Å². The Hall–Kier alpha value is -7.36. The molecular weight excluding hydrogens is 693 g/mol. The van der Waals surface area contributed by atoms with Crippen molar-refractivity contribution in [2.45, 2.75) is 12.8 Å². The number of fused-ring (bicyclic) bond motifs is 7. The van der Waals surface area contributed by atoms with Crippen LogP contribution in [-0.2, 0) is 0 Å². The number of para-hydroxylation sites is 3. The first-order valence-corrected chi connectivity index (χ1v) is 19.7. The predicted octanol–water partition coefficient (Wildman–Crippen LogP) is 14.6. The zero-order valence-corrected chi connectivity index (χ0v) is 31.4. The van der Waals surface area contributed by atoms with E-state index in [1.807, 2.05) is 6.26 Å². The normalized spacial score (nSPS) is 13.4. The highest BCUT2D eigenvalue weighted by Crippen LogP contribution is 2.41. The maximum absolute atomic E-state index is 6.19. The number of hydrogen-bond acceptors (Lipinski definition) is 1. The molecule has 0 radical (unpaired) electrons. The topological polar surface area (TPSA) is 19.1 Å². The molecule has 1 aliphatic heterocycles. The van der Waals surface area contributed by atoms with Gasteiger partial charge in [-0.25, -0.2) is 0 Å². The number of hydrogen-bond donors (Lipinski definition) is 0. The van der Waals surface area contributed by atoms with Gasteiger partial charge in [0.1, 0.15) is 5.75 Å². The highest BCUT2D eigenvalue weighted by molar-refractivity contribution is 6.12. The van der Waals surface area contributed by atoms with Crippen LogP contribution in [0.1, 0.15) is 18.4 Å². The van der Waals surface area contributed by atoms with E-state index < -0.39 is 0 Å². The Morgan fingerprint density at radius 2 is 0.895 bits per heavy atom. The fourth-order valence-corrected chi connectivity index (χ4v) is 8.83. The van der Waals surface area contributed by atoms with Gasteiger partial charge in [0.15, 0.2) is 0 Å². The minimum Gasteiger partial charge on any atom is -0.464 e. The van der Waals surface area contributed by atoms with Gasteiger partial charge in [0.25, 0.3) is 0 Å². The first-order chi connectivity index (χ1) is 28.2. The molecule has 2 aromatic heterocycles. The maximum Gasteiger partial charge on any atom is 0.141 e. The lowest BCUT2D eigenvalue weighted by atomic mass is 9.95. The first-order valence-electron chi connectivity index (χ1n) is 19.7. The Bertz CT molecular complexity index is 3200. The lowest BCUT2D eigenvalue weighted by molar-refractivity contribution is 0.477. The van der Waals surface area contributed by atoms with Crippen molar-refractivity contribution in [3.05, 3.63) is 206 Å². The van der Waals surface area contributed by atoms with Crippen LogP contribution in [0, 0.1) is 0 Å². The van der Waals surface area contributed by atoms with Crippen LogP contribution in [0.25, 0.3) is 93.9 Å². The van der Waals surface area contributed by atoms with E-state index in [9.17, 15) is 0 Å². The van der Waals surface area contributed by atoms with Crippen LogP contribution >= 0.6 is 0 Å². The molecule has 10 aromatic rings. The molecule has 1 aliphatic rings. The van der Waals surface area contributed by atoms with Crippen LogP contribution in [0.4, 0.5) is 0 Å². The van der Waals surface area contributed by atoms with Crippen molar-refractivity contribution >= 4 is 49.2 Å². The molecule has 57 heavy (non-hydrogen) atoms. The monoisotopic (exact) mass is 730 g/mol. The van der Waals surface area contributed by atoms with E-state index in [0.717, 1.165) is 52.2 Å². The fraction of sp³-hybridized carbons (Fsp3) is 0.0370. The van der Waals surface area contributed by atoms with Crippen molar-refractivity contribution in [2.24, 2.45) is 0 Å². The van der Waals surface area contributed by atoms with Crippen molar-refractivity contribution in [1.29, 1.82) is 0 Å². The minimum absolute atomic E-state index is 0.871. The van der Waals surface area contributed by atoms with Crippen LogP contribution in [-0.4, -0.2) is 9.13 Å². The summed E-state index contributed by atoms with van der Waals surface area (Å²) in [5.74, 6) is 0.871. The van der Waals surface area contributed by atoms with Gasteiger partial charge in [-0.15, -0.1) is 0 Å². The van der Waals surface area contributed by atoms with Crippen molar-refractivity contribution in [3.8, 4) is 50.5 Å². The number of allylic oxidation sites excluding steroid dienone is 2. The SMILES string of the molecule is C=C1CC/C=C\Oc2c1cccc2-c1ccc(-n2c3ccccc3c3cc(-c4ccc5c(c4)c4ccccc4n5-c4ccc(-c5ccccc5)cc4)ccc32)cc1. The minimum atomic E-state index is 0.871. The second-order valence-corrected chi connectivity index (χ2v) is 14.9. The van der Waals surface area contributed by atoms with Gasteiger partial charge >= 0.3 is 0 Å². The number of nitrogens with zero attached hydrogens (tertiary/aromatic N) is 2. The molecule has 0 spiro atoms. The molecule has 3 heteroatoms. The number of aromatic nitrogens is 2. The summed E-state index contributed by atoms with van der Waals surface area (Å²) in [6.45, 7) is 4.35. The van der Waals surface area contributed by atoms with Gasteiger partial charge < -0.3 is 13.9 Å². The maximum atomic E-state index is 6.19. The smallest absolute Gasteiger partial charge is 0.141 e. The highest BCUT2D eigenvalue weighted by Gasteiger charge is 2.18. The van der Waals surface area contributed by atoms with Gasteiger partial charge in [-0.05, 0) is 113 Å². The fourth-order valence-electron chi connectivity index (χ4n) is 8.83. The summed E-state index contributed by atoms with van der Waals surface area (Å²) in [6.07, 6.45) is 5.75. The van der Waals surface area contributed by atoms with E-state index in [4.69, 9.17) is 4.74 Å². The zero-order chi connectivity index (χ0) is 37.9. The van der Waals surface area contributed by atoms with Crippen molar-refractivity contribution in [1.82, 2.24) is 9.13 Å². The average Bonchev–Trinajstić information content (AvgIpc) is 3.78. The van der Waals surface area contributed by atoms with E-state index in [2.05, 4.69) is 204 Å². The molecule has 0 unspecified atom stereocenters. The van der Waals surface area contributed by atoms with E-state index in [0.29, 0.717) is 0 Å². The van der Waals surface area contributed by atoms with Crippen molar-refractivity contribution in [3.63, 3.8) is 0 Å². The lowest BCUT2D eigenvalue weighted by Gasteiger charge is -2.17. The largest absolute Gasteiger partial charge is 0.464 e. The molecule has 11 rings (SSSR count). The van der Waals surface area contributed by atoms with E-state index in [1.165, 1.54) is 65.9 Å². The average molecular weight is 731 g/mol. The first kappa shape index (κ1) is 33.0. The van der Waals surface area contributed by atoms with E-state index in [-0.39, 0.29) is 0 Å². The Labute approximate surface area is 331 Å². The van der Waals surface area contributed by atoms with Gasteiger partial charge in [-0.1, -0.05) is 128 Å². The van der Waals surface area contributed by atoms with Crippen molar-refractivity contribution < 1.29 is 4.74 Å². The number of rotatable bonds is 5. The molecule has 0 saturated carbocycles. The molecule has 0 saturated heterocycles. The standard InChI is InChI=1S/C54H38N2O/c1-36-12-9-10-33-57-54-44(36)17-11-18-45(54)39-23-29-43(30-24-39)56-51-20-8-6-16-47(51)49-35-41(26-32-53(49)56)40-25-31-52-48(34-40)46-15-5-7-19-50(46)55(52)42-27-21-38(22-28-42)37-13-3-2-4-14-37/h2-8,10-11,13-35H,1,9,12H2/b33-10-. The molecule has 3 heterocycles. The van der Waals surface area contributed by atoms with Gasteiger partial charge in [0.05, 0.1) is 28.3 Å². The molecule has 270 valence electrons. The summed E-state index contributed by atoms with van der Waals surface area (Å²) < 4.78 is 11.0. The predicted molar refractivity (Wildman–Crippen MR) is 239 cm³/mol. The Balaban J connectivity index is 0.988. The molecule has 0 fully saturated rings. The van der Waals surface area contributed by atoms with E-state index >= 15 is 0 Å². The third kappa shape index (κ3) is 5.50. The molecule has 3 nitrogen and oxygen atoms in total. The molecule has 8 aromatic carbocycles. The molecule has 0 bridgehead atoms. The van der Waals surface area contributed by atoms with Gasteiger partial charge in [0, 0.05) is 44.0 Å². The molecule has 0 amide bonds. The second-order valence-electron chi connectivity index (χ2n) is 14.9. The van der Waals surface area contributed by atoms with E-state index in [1.54, 1.807) is 0 Å². The third-order valence-electron chi connectivity index (χ3n) is 11.6. The molecule has 0 atom stereocenters. The summed E-state index contributed by atoms with van der Waals surface area (Å²) in [6, 6.07) is 66.0. The Morgan fingerprint density at radius 1 is 0.404 bits per heavy atom. The van der Waals surface area contributed by atoms with Gasteiger partial charge in [-0.3, -0.25) is 0 Å². The van der Waals surface area contributed by atoms with Crippen LogP contribution in [0.5, 0.6) is 5.75 Å². The number of benzene rings is 8. The highest BCUT2D eigenvalue weighted by atomic mass is 16.5. The molecule has 0 N–H and O–H groups in total. The number of ether oxygens (including phenoxy) is 1. The molecular formula is C54H38N2O. The van der Waals surface area contributed by atoms with Crippen LogP contribution in [0.15, 0.2) is 201 Å². The summed E-state index contributed by atoms with van der Waals surface area (Å²) >= 11 is 0. The van der Waals surface area contributed by atoms with Gasteiger partial charge in [0.2, 0.25) is 0 Å². The summed E-state index contributed by atoms with van der Waals surface area (Å²) in [5, 5.41) is 4.96. The quantitative estimate of drug-likeness (QED) is 0.173. The molecule has 0 aliphatic carbocycles. The van der Waals surface area contributed by atoms with Crippen LogP contribution in [0.2, 0.25) is 0 Å². The zero-order valence-electron chi connectivity index (χ0n) is 31.4. The summed E-state index contributed by atoms with van der Waals surface area (Å²) in [5.41, 5.74) is 16.2.